The number of hydrogen-bond acceptors (Lipinski definition) is 3. The number of carbonyl (C=O) groups excluding carboxylic acids is 2. The second-order valence-electron chi connectivity index (χ2n) is 5.08. The van der Waals surface area contributed by atoms with Gasteiger partial charge in [0.15, 0.2) is 0 Å². The highest BCUT2D eigenvalue weighted by molar-refractivity contribution is 5.92. The van der Waals surface area contributed by atoms with Gasteiger partial charge in [-0.1, -0.05) is 13.0 Å². The summed E-state index contributed by atoms with van der Waals surface area (Å²) in [7, 11) is 0. The number of amides is 3. The van der Waals surface area contributed by atoms with Crippen molar-refractivity contribution in [1.82, 2.24) is 20.1 Å². The highest BCUT2D eigenvalue weighted by atomic mass is 16.2. The first-order valence-electron chi connectivity index (χ1n) is 7.45. The second kappa shape index (κ2) is 7.61. The molecule has 2 heterocycles. The maximum atomic E-state index is 12.3. The minimum Gasteiger partial charge on any atom is -0.338 e. The summed E-state index contributed by atoms with van der Waals surface area (Å²) in [6.07, 6.45) is 3.33. The Morgan fingerprint density at radius 3 is 2.67 bits per heavy atom. The van der Waals surface area contributed by atoms with Gasteiger partial charge in [0.2, 0.25) is 0 Å². The number of carbonyl (C=O) groups is 2. The van der Waals surface area contributed by atoms with E-state index >= 15 is 0 Å². The lowest BCUT2D eigenvalue weighted by atomic mass is 10.3. The SMILES string of the molecule is CCCNC(=O)N1CCCN(C(=O)c2ccccn2)CC1. The average Bonchev–Trinajstić information content (AvgIpc) is 2.79. The van der Waals surface area contributed by atoms with Gasteiger partial charge in [-0.25, -0.2) is 4.79 Å². The Bertz CT molecular complexity index is 478. The lowest BCUT2D eigenvalue weighted by Crippen LogP contribution is -2.42. The number of nitrogens with zero attached hydrogens (tertiary/aromatic N) is 3. The predicted molar refractivity (Wildman–Crippen MR) is 80.0 cm³/mol. The molecule has 0 aliphatic carbocycles. The van der Waals surface area contributed by atoms with E-state index in [1.165, 1.54) is 0 Å². The molecule has 0 radical (unpaired) electrons. The minimum absolute atomic E-state index is 0.0380. The molecule has 0 aromatic carbocycles. The fraction of sp³-hybridized carbons (Fsp3) is 0.533. The van der Waals surface area contributed by atoms with E-state index in [0.29, 0.717) is 38.4 Å². The lowest BCUT2D eigenvalue weighted by molar-refractivity contribution is 0.0756. The van der Waals surface area contributed by atoms with E-state index in [1.807, 2.05) is 13.0 Å². The molecule has 0 bridgehead atoms. The van der Waals surface area contributed by atoms with Crippen molar-refractivity contribution in [2.45, 2.75) is 19.8 Å². The Kier molecular flexibility index (Phi) is 5.54. The molecular weight excluding hydrogens is 268 g/mol. The number of aromatic nitrogens is 1. The van der Waals surface area contributed by atoms with Crippen LogP contribution in [0.15, 0.2) is 24.4 Å². The van der Waals surface area contributed by atoms with E-state index in [4.69, 9.17) is 0 Å². The summed E-state index contributed by atoms with van der Waals surface area (Å²) in [5.41, 5.74) is 0.460. The van der Waals surface area contributed by atoms with E-state index in [9.17, 15) is 9.59 Å². The molecule has 1 saturated heterocycles. The summed E-state index contributed by atoms with van der Waals surface area (Å²) in [5, 5.41) is 2.88. The predicted octanol–water partition coefficient (Wildman–Crippen LogP) is 1.35. The molecule has 6 nitrogen and oxygen atoms in total. The van der Waals surface area contributed by atoms with Gasteiger partial charge in [0, 0.05) is 38.9 Å². The van der Waals surface area contributed by atoms with E-state index in [0.717, 1.165) is 12.8 Å². The van der Waals surface area contributed by atoms with Gasteiger partial charge >= 0.3 is 6.03 Å². The Morgan fingerprint density at radius 1 is 1.19 bits per heavy atom. The van der Waals surface area contributed by atoms with Crippen molar-refractivity contribution in [3.63, 3.8) is 0 Å². The Hall–Kier alpha value is -2.11. The molecule has 1 aromatic rings. The van der Waals surface area contributed by atoms with Gasteiger partial charge in [0.25, 0.3) is 5.91 Å². The van der Waals surface area contributed by atoms with Crippen molar-refractivity contribution < 1.29 is 9.59 Å². The lowest BCUT2D eigenvalue weighted by Gasteiger charge is -2.22. The molecule has 0 spiro atoms. The van der Waals surface area contributed by atoms with Crippen LogP contribution in [0.3, 0.4) is 0 Å². The van der Waals surface area contributed by atoms with Crippen LogP contribution in [-0.4, -0.2) is 59.4 Å². The molecule has 6 heteroatoms. The van der Waals surface area contributed by atoms with Crippen LogP contribution in [-0.2, 0) is 0 Å². The zero-order valence-electron chi connectivity index (χ0n) is 12.4. The zero-order chi connectivity index (χ0) is 15.1. The van der Waals surface area contributed by atoms with Crippen molar-refractivity contribution in [2.75, 3.05) is 32.7 Å². The molecule has 2 rings (SSSR count). The topological polar surface area (TPSA) is 65.5 Å². The third-order valence-electron chi connectivity index (χ3n) is 3.48. The second-order valence-corrected chi connectivity index (χ2v) is 5.08. The number of hydrogen-bond donors (Lipinski definition) is 1. The molecular formula is C15H22N4O2. The first-order chi connectivity index (χ1) is 10.2. The van der Waals surface area contributed by atoms with Crippen molar-refractivity contribution >= 4 is 11.9 Å². The van der Waals surface area contributed by atoms with Crippen LogP contribution in [0.4, 0.5) is 4.79 Å². The third-order valence-corrected chi connectivity index (χ3v) is 3.48. The van der Waals surface area contributed by atoms with Crippen LogP contribution >= 0.6 is 0 Å². The van der Waals surface area contributed by atoms with Crippen LogP contribution in [0, 0.1) is 0 Å². The number of nitrogens with one attached hydrogen (secondary N) is 1. The number of urea groups is 1. The third kappa shape index (κ3) is 4.18. The maximum absolute atomic E-state index is 12.3. The molecule has 0 unspecified atom stereocenters. The first kappa shape index (κ1) is 15.3. The van der Waals surface area contributed by atoms with E-state index in [2.05, 4.69) is 10.3 Å². The van der Waals surface area contributed by atoms with Crippen molar-refractivity contribution in [3.8, 4) is 0 Å². The molecule has 1 aliphatic rings. The maximum Gasteiger partial charge on any atom is 0.317 e. The van der Waals surface area contributed by atoms with Crippen molar-refractivity contribution in [2.24, 2.45) is 0 Å². The summed E-state index contributed by atoms with van der Waals surface area (Å²) < 4.78 is 0. The van der Waals surface area contributed by atoms with Crippen LogP contribution in [0.5, 0.6) is 0 Å². The Labute approximate surface area is 125 Å². The summed E-state index contributed by atoms with van der Waals surface area (Å²) in [4.78, 5) is 31.9. The Balaban J connectivity index is 1.91. The van der Waals surface area contributed by atoms with Crippen LogP contribution in [0.25, 0.3) is 0 Å². The molecule has 21 heavy (non-hydrogen) atoms. The van der Waals surface area contributed by atoms with Gasteiger partial charge in [0.1, 0.15) is 5.69 Å². The fourth-order valence-electron chi connectivity index (χ4n) is 2.32. The van der Waals surface area contributed by atoms with Gasteiger partial charge in [-0.05, 0) is 25.0 Å². The molecule has 1 aromatic heterocycles. The Morgan fingerprint density at radius 2 is 1.95 bits per heavy atom. The largest absolute Gasteiger partial charge is 0.338 e. The van der Waals surface area contributed by atoms with E-state index in [1.54, 1.807) is 28.1 Å². The van der Waals surface area contributed by atoms with Crippen molar-refractivity contribution in [3.05, 3.63) is 30.1 Å². The molecule has 114 valence electrons. The van der Waals surface area contributed by atoms with Crippen LogP contribution in [0.1, 0.15) is 30.3 Å². The molecule has 1 N–H and O–H groups in total. The average molecular weight is 290 g/mol. The minimum atomic E-state index is -0.0635. The fourth-order valence-corrected chi connectivity index (χ4v) is 2.32. The summed E-state index contributed by atoms with van der Waals surface area (Å²) in [6.45, 7) is 5.17. The van der Waals surface area contributed by atoms with Crippen LogP contribution in [0.2, 0.25) is 0 Å². The summed E-state index contributed by atoms with van der Waals surface area (Å²) in [6, 6.07) is 5.28. The monoisotopic (exact) mass is 290 g/mol. The molecule has 1 fully saturated rings. The zero-order valence-corrected chi connectivity index (χ0v) is 12.4. The van der Waals surface area contributed by atoms with E-state index in [-0.39, 0.29) is 11.9 Å². The highest BCUT2D eigenvalue weighted by Gasteiger charge is 2.22. The van der Waals surface area contributed by atoms with Gasteiger partial charge in [-0.15, -0.1) is 0 Å². The molecule has 0 atom stereocenters. The first-order valence-corrected chi connectivity index (χ1v) is 7.45. The van der Waals surface area contributed by atoms with Gasteiger partial charge in [-0.2, -0.15) is 0 Å². The number of rotatable bonds is 3. The van der Waals surface area contributed by atoms with Crippen LogP contribution < -0.4 is 5.32 Å². The number of pyridine rings is 1. The molecule has 0 saturated carbocycles. The van der Waals surface area contributed by atoms with Gasteiger partial charge in [-0.3, -0.25) is 9.78 Å². The van der Waals surface area contributed by atoms with Gasteiger partial charge in [0.05, 0.1) is 0 Å². The normalized spacial score (nSPS) is 15.5. The molecule has 1 aliphatic heterocycles. The van der Waals surface area contributed by atoms with Crippen molar-refractivity contribution in [1.29, 1.82) is 0 Å². The smallest absolute Gasteiger partial charge is 0.317 e. The van der Waals surface area contributed by atoms with E-state index < -0.39 is 0 Å². The quantitative estimate of drug-likeness (QED) is 0.914. The standard InChI is InChI=1S/C15H22N4O2/c1-2-7-17-15(21)19-10-5-9-18(11-12-19)14(20)13-6-3-4-8-16-13/h3-4,6,8H,2,5,7,9-12H2,1H3,(H,17,21). The molecule has 3 amide bonds. The highest BCUT2D eigenvalue weighted by Crippen LogP contribution is 2.07. The summed E-state index contributed by atoms with van der Waals surface area (Å²) in [5.74, 6) is -0.0635. The van der Waals surface area contributed by atoms with Gasteiger partial charge < -0.3 is 15.1 Å². The summed E-state index contributed by atoms with van der Waals surface area (Å²) >= 11 is 0.